The third-order valence-electron chi connectivity index (χ3n) is 3.84. The predicted octanol–water partition coefficient (Wildman–Crippen LogP) is 3.82. The maximum absolute atomic E-state index is 9.23. The summed E-state index contributed by atoms with van der Waals surface area (Å²) in [5, 5.41) is 9.23. The Morgan fingerprint density at radius 2 is 1.80 bits per heavy atom. The van der Waals surface area contributed by atoms with Gasteiger partial charge in [0.25, 0.3) is 0 Å². The number of ether oxygens (including phenoxy) is 4. The monoisotopic (exact) mass is 337 g/mol. The molecule has 0 aromatic heterocycles. The molecule has 5 nitrogen and oxygen atoms in total. The van der Waals surface area contributed by atoms with Crippen molar-refractivity contribution in [1.82, 2.24) is 0 Å². The van der Waals surface area contributed by atoms with Crippen LogP contribution in [0, 0.1) is 11.3 Å². The minimum atomic E-state index is 0.519. The molecule has 0 saturated carbocycles. The molecule has 25 heavy (non-hydrogen) atoms. The minimum Gasteiger partial charge on any atom is -0.493 e. The lowest BCUT2D eigenvalue weighted by Crippen LogP contribution is -2.15. The summed E-state index contributed by atoms with van der Waals surface area (Å²) < 4.78 is 22.2. The number of methoxy groups -OCH3 is 1. The zero-order valence-corrected chi connectivity index (χ0v) is 14.2. The maximum Gasteiger partial charge on any atom is 0.161 e. The fourth-order valence-corrected chi connectivity index (χ4v) is 2.72. The standard InChI is InChI=1S/C20H19NO4/c1-3-23-19-12-14(4-6-17(19)22-2)16(8-9-21)15-5-7-18-20(13-15)25-11-10-24-18/h4-8,12-13H,3,10-11H2,1-2H3/b16-8+. The molecule has 2 aromatic rings. The number of fused-ring (bicyclic) bond motifs is 1. The summed E-state index contributed by atoms with van der Waals surface area (Å²) >= 11 is 0. The molecule has 5 heteroatoms. The molecule has 1 aliphatic heterocycles. The van der Waals surface area contributed by atoms with E-state index in [1.165, 1.54) is 6.08 Å². The van der Waals surface area contributed by atoms with E-state index in [0.717, 1.165) is 22.4 Å². The predicted molar refractivity (Wildman–Crippen MR) is 94.3 cm³/mol. The van der Waals surface area contributed by atoms with Gasteiger partial charge in [0.15, 0.2) is 23.0 Å². The molecule has 0 amide bonds. The van der Waals surface area contributed by atoms with Gasteiger partial charge in [0.1, 0.15) is 13.2 Å². The van der Waals surface area contributed by atoms with Crippen LogP contribution >= 0.6 is 0 Å². The van der Waals surface area contributed by atoms with Crippen LogP contribution in [0.3, 0.4) is 0 Å². The number of rotatable bonds is 5. The van der Waals surface area contributed by atoms with Gasteiger partial charge < -0.3 is 18.9 Å². The molecule has 0 unspecified atom stereocenters. The molecule has 0 atom stereocenters. The lowest BCUT2D eigenvalue weighted by atomic mass is 9.97. The van der Waals surface area contributed by atoms with E-state index in [1.54, 1.807) is 7.11 Å². The van der Waals surface area contributed by atoms with E-state index in [1.807, 2.05) is 43.3 Å². The Morgan fingerprint density at radius 1 is 1.08 bits per heavy atom. The molecule has 1 heterocycles. The third-order valence-corrected chi connectivity index (χ3v) is 3.84. The molecule has 0 aliphatic carbocycles. The fraction of sp³-hybridized carbons (Fsp3) is 0.250. The largest absolute Gasteiger partial charge is 0.493 e. The van der Waals surface area contributed by atoms with Crippen molar-refractivity contribution in [2.24, 2.45) is 0 Å². The normalized spacial score (nSPS) is 13.1. The number of allylic oxidation sites excluding steroid dienone is 1. The summed E-state index contributed by atoms with van der Waals surface area (Å²) in [6.07, 6.45) is 1.52. The highest BCUT2D eigenvalue weighted by Gasteiger charge is 2.15. The molecule has 0 spiro atoms. The zero-order valence-electron chi connectivity index (χ0n) is 14.2. The third kappa shape index (κ3) is 3.53. The Labute approximate surface area is 147 Å². The van der Waals surface area contributed by atoms with Crippen LogP contribution in [0.2, 0.25) is 0 Å². The SMILES string of the molecule is CCOc1cc(/C(=C\C#N)c2ccc3c(c2)OCCO3)ccc1OC. The maximum atomic E-state index is 9.23. The molecule has 0 N–H and O–H groups in total. The van der Waals surface area contributed by atoms with E-state index >= 15 is 0 Å². The van der Waals surface area contributed by atoms with Crippen molar-refractivity contribution in [2.45, 2.75) is 6.92 Å². The molecule has 0 radical (unpaired) electrons. The molecule has 0 saturated heterocycles. The van der Waals surface area contributed by atoms with Crippen LogP contribution in [-0.4, -0.2) is 26.9 Å². The van der Waals surface area contributed by atoms with Crippen molar-refractivity contribution in [3.05, 3.63) is 53.6 Å². The lowest BCUT2D eigenvalue weighted by molar-refractivity contribution is 0.171. The number of nitriles is 1. The van der Waals surface area contributed by atoms with E-state index in [0.29, 0.717) is 37.1 Å². The molecular formula is C20H19NO4. The Morgan fingerprint density at radius 3 is 2.52 bits per heavy atom. The number of benzene rings is 2. The highest BCUT2D eigenvalue weighted by atomic mass is 16.6. The van der Waals surface area contributed by atoms with Crippen molar-refractivity contribution in [1.29, 1.82) is 5.26 Å². The molecule has 0 fully saturated rings. The van der Waals surface area contributed by atoms with Crippen LogP contribution in [0.5, 0.6) is 23.0 Å². The van der Waals surface area contributed by atoms with Gasteiger partial charge in [-0.2, -0.15) is 5.26 Å². The van der Waals surface area contributed by atoms with Crippen molar-refractivity contribution in [2.75, 3.05) is 26.9 Å². The summed E-state index contributed by atoms with van der Waals surface area (Å²) in [7, 11) is 1.60. The molecule has 2 aromatic carbocycles. The average Bonchev–Trinajstić information content (AvgIpc) is 2.66. The van der Waals surface area contributed by atoms with Crippen LogP contribution in [-0.2, 0) is 0 Å². The molecule has 0 bridgehead atoms. The molecule has 1 aliphatic rings. The highest BCUT2D eigenvalue weighted by Crippen LogP contribution is 2.37. The summed E-state index contributed by atoms with van der Waals surface area (Å²) in [6.45, 7) is 3.51. The average molecular weight is 337 g/mol. The Bertz CT molecular complexity index is 836. The number of nitrogens with zero attached hydrogens (tertiary/aromatic N) is 1. The minimum absolute atomic E-state index is 0.519. The van der Waals surface area contributed by atoms with Gasteiger partial charge in [-0.15, -0.1) is 0 Å². The Kier molecular flexibility index (Phi) is 5.10. The van der Waals surface area contributed by atoms with Crippen LogP contribution in [0.25, 0.3) is 5.57 Å². The zero-order chi connectivity index (χ0) is 17.6. The topological polar surface area (TPSA) is 60.7 Å². The lowest BCUT2D eigenvalue weighted by Gasteiger charge is -2.19. The summed E-state index contributed by atoms with van der Waals surface area (Å²) in [5.41, 5.74) is 2.52. The molecule has 3 rings (SSSR count). The van der Waals surface area contributed by atoms with Gasteiger partial charge in [0.05, 0.1) is 19.8 Å². The van der Waals surface area contributed by atoms with Gasteiger partial charge in [0.2, 0.25) is 0 Å². The van der Waals surface area contributed by atoms with Crippen molar-refractivity contribution < 1.29 is 18.9 Å². The van der Waals surface area contributed by atoms with E-state index in [4.69, 9.17) is 18.9 Å². The van der Waals surface area contributed by atoms with Crippen molar-refractivity contribution >= 4 is 5.57 Å². The van der Waals surface area contributed by atoms with Gasteiger partial charge in [-0.3, -0.25) is 0 Å². The van der Waals surface area contributed by atoms with E-state index in [9.17, 15) is 5.26 Å². The Hall–Kier alpha value is -3.13. The van der Waals surface area contributed by atoms with E-state index in [-0.39, 0.29) is 0 Å². The first-order valence-corrected chi connectivity index (χ1v) is 8.07. The summed E-state index contributed by atoms with van der Waals surface area (Å²) in [4.78, 5) is 0. The van der Waals surface area contributed by atoms with Gasteiger partial charge >= 0.3 is 0 Å². The summed E-state index contributed by atoms with van der Waals surface area (Å²) in [5.74, 6) is 2.70. The first kappa shape index (κ1) is 16.7. The first-order valence-electron chi connectivity index (χ1n) is 8.07. The van der Waals surface area contributed by atoms with Crippen LogP contribution in [0.4, 0.5) is 0 Å². The highest BCUT2D eigenvalue weighted by molar-refractivity contribution is 5.83. The van der Waals surface area contributed by atoms with Crippen molar-refractivity contribution in [3.8, 4) is 29.1 Å². The smallest absolute Gasteiger partial charge is 0.161 e. The Balaban J connectivity index is 2.04. The van der Waals surface area contributed by atoms with Gasteiger partial charge in [-0.05, 0) is 47.9 Å². The van der Waals surface area contributed by atoms with Crippen molar-refractivity contribution in [3.63, 3.8) is 0 Å². The van der Waals surface area contributed by atoms with E-state index in [2.05, 4.69) is 6.07 Å². The number of hydrogen-bond acceptors (Lipinski definition) is 5. The fourth-order valence-electron chi connectivity index (χ4n) is 2.72. The molecule has 128 valence electrons. The van der Waals surface area contributed by atoms with Crippen LogP contribution in [0.1, 0.15) is 18.1 Å². The van der Waals surface area contributed by atoms with Gasteiger partial charge in [0, 0.05) is 6.08 Å². The van der Waals surface area contributed by atoms with E-state index < -0.39 is 0 Å². The second-order valence-corrected chi connectivity index (χ2v) is 5.34. The van der Waals surface area contributed by atoms with Gasteiger partial charge in [-0.1, -0.05) is 12.1 Å². The van der Waals surface area contributed by atoms with Crippen LogP contribution < -0.4 is 18.9 Å². The second kappa shape index (κ2) is 7.63. The first-order chi connectivity index (χ1) is 12.3. The number of hydrogen-bond donors (Lipinski definition) is 0. The summed E-state index contributed by atoms with van der Waals surface area (Å²) in [6, 6.07) is 13.4. The van der Waals surface area contributed by atoms with Gasteiger partial charge in [-0.25, -0.2) is 0 Å². The quantitative estimate of drug-likeness (QED) is 0.776. The van der Waals surface area contributed by atoms with Crippen LogP contribution in [0.15, 0.2) is 42.5 Å². The second-order valence-electron chi connectivity index (χ2n) is 5.34. The molecular weight excluding hydrogens is 318 g/mol.